The summed E-state index contributed by atoms with van der Waals surface area (Å²) in [5.41, 5.74) is 0. The summed E-state index contributed by atoms with van der Waals surface area (Å²) < 4.78 is 17.1. The average Bonchev–Trinajstić information content (AvgIpc) is 2.51. The van der Waals surface area contributed by atoms with Crippen molar-refractivity contribution in [2.45, 2.75) is 26.7 Å². The van der Waals surface area contributed by atoms with E-state index in [-0.39, 0.29) is 11.9 Å². The van der Waals surface area contributed by atoms with Gasteiger partial charge in [-0.3, -0.25) is 9.59 Å². The zero-order valence-electron chi connectivity index (χ0n) is 17.0. The van der Waals surface area contributed by atoms with Crippen LogP contribution in [0.3, 0.4) is 0 Å². The first-order valence-electron chi connectivity index (χ1n) is 9.15. The molecule has 0 rings (SSSR count). The molecular formula is C18H38N2O5+2. The number of quaternary nitrogens is 2. The van der Waals surface area contributed by atoms with Crippen LogP contribution >= 0.6 is 0 Å². The maximum atomic E-state index is 11.4. The summed E-state index contributed by atoms with van der Waals surface area (Å²) in [6, 6.07) is 0. The molecule has 0 saturated heterocycles. The molecule has 0 fully saturated rings. The maximum Gasteiger partial charge on any atom is 0.311 e. The van der Waals surface area contributed by atoms with Crippen molar-refractivity contribution in [3.05, 3.63) is 0 Å². The number of hydrogen-bond acceptors (Lipinski definition) is 5. The highest BCUT2D eigenvalue weighted by molar-refractivity contribution is 5.69. The van der Waals surface area contributed by atoms with E-state index >= 15 is 0 Å². The van der Waals surface area contributed by atoms with Gasteiger partial charge in [0.15, 0.2) is 0 Å². The fourth-order valence-corrected chi connectivity index (χ4v) is 2.20. The van der Waals surface area contributed by atoms with Gasteiger partial charge >= 0.3 is 11.9 Å². The van der Waals surface area contributed by atoms with Crippen LogP contribution in [0.15, 0.2) is 0 Å². The Morgan fingerprint density at radius 2 is 1.04 bits per heavy atom. The normalized spacial score (nSPS) is 12.1. The molecule has 0 aliphatic heterocycles. The largest absolute Gasteiger partial charge is 0.466 e. The first-order chi connectivity index (χ1) is 11.6. The van der Waals surface area contributed by atoms with Crippen molar-refractivity contribution in [2.75, 3.05) is 80.8 Å². The second-order valence-corrected chi connectivity index (χ2v) is 7.49. The third kappa shape index (κ3) is 13.8. The zero-order chi connectivity index (χ0) is 19.3. The summed E-state index contributed by atoms with van der Waals surface area (Å²) in [6.45, 7) is 8.95. The van der Waals surface area contributed by atoms with E-state index < -0.39 is 0 Å². The van der Waals surface area contributed by atoms with E-state index in [0.29, 0.717) is 39.3 Å². The molecule has 148 valence electrons. The maximum absolute atomic E-state index is 11.4. The Kier molecular flexibility index (Phi) is 11.6. The number of carbonyl (C=O) groups excluding carboxylic acids is 2. The fourth-order valence-electron chi connectivity index (χ4n) is 2.20. The second kappa shape index (κ2) is 12.2. The van der Waals surface area contributed by atoms with Crippen LogP contribution in [0, 0.1) is 0 Å². The molecule has 0 spiro atoms. The van der Waals surface area contributed by atoms with Crippen molar-refractivity contribution in [3.63, 3.8) is 0 Å². The topological polar surface area (TPSA) is 61.8 Å². The molecule has 7 heteroatoms. The van der Waals surface area contributed by atoms with Gasteiger partial charge in [0.05, 0.1) is 80.5 Å². The third-order valence-corrected chi connectivity index (χ3v) is 4.14. The molecule has 0 heterocycles. The summed E-state index contributed by atoms with van der Waals surface area (Å²) in [7, 11) is 8.34. The Bertz CT molecular complexity index is 361. The van der Waals surface area contributed by atoms with Crippen molar-refractivity contribution in [3.8, 4) is 0 Å². The quantitative estimate of drug-likeness (QED) is 0.263. The minimum absolute atomic E-state index is 0.143. The highest BCUT2D eigenvalue weighted by Gasteiger charge is 2.19. The number of ether oxygens (including phenoxy) is 3. The molecular weight excluding hydrogens is 324 g/mol. The van der Waals surface area contributed by atoms with Gasteiger partial charge < -0.3 is 23.2 Å². The zero-order valence-corrected chi connectivity index (χ0v) is 17.0. The predicted molar refractivity (Wildman–Crippen MR) is 97.0 cm³/mol. The molecule has 0 aromatic heterocycles. The van der Waals surface area contributed by atoms with Gasteiger partial charge in [-0.05, 0) is 13.8 Å². The monoisotopic (exact) mass is 362 g/mol. The van der Waals surface area contributed by atoms with Crippen molar-refractivity contribution < 1.29 is 32.8 Å². The lowest BCUT2D eigenvalue weighted by Gasteiger charge is -2.31. The predicted octanol–water partition coefficient (Wildman–Crippen LogP) is 1.06. The minimum Gasteiger partial charge on any atom is -0.466 e. The molecule has 0 aromatic rings. The van der Waals surface area contributed by atoms with Gasteiger partial charge in [-0.2, -0.15) is 0 Å². The van der Waals surface area contributed by atoms with Gasteiger partial charge in [0.2, 0.25) is 0 Å². The molecule has 0 aliphatic rings. The first kappa shape index (κ1) is 23.8. The van der Waals surface area contributed by atoms with Gasteiger partial charge in [-0.1, -0.05) is 0 Å². The van der Waals surface area contributed by atoms with Gasteiger partial charge in [0, 0.05) is 0 Å². The van der Waals surface area contributed by atoms with Gasteiger partial charge in [-0.25, -0.2) is 0 Å². The number of rotatable bonds is 14. The van der Waals surface area contributed by atoms with Crippen LogP contribution < -0.4 is 0 Å². The average molecular weight is 363 g/mol. The molecule has 0 N–H and O–H groups in total. The molecule has 0 bridgehead atoms. The Hall–Kier alpha value is -1.18. The third-order valence-electron chi connectivity index (χ3n) is 4.14. The molecule has 25 heavy (non-hydrogen) atoms. The SMILES string of the molecule is CCOC(=O)CC[N+](C)(C)CCOCC[N+](C)(C)CCC(=O)OCC. The first-order valence-corrected chi connectivity index (χ1v) is 9.15. The van der Waals surface area contributed by atoms with Crippen LogP contribution in [0.1, 0.15) is 26.7 Å². The second-order valence-electron chi connectivity index (χ2n) is 7.49. The van der Waals surface area contributed by atoms with E-state index in [9.17, 15) is 9.59 Å². The van der Waals surface area contributed by atoms with E-state index in [1.807, 2.05) is 13.8 Å². The molecule has 0 amide bonds. The number of carbonyl (C=O) groups is 2. The van der Waals surface area contributed by atoms with Crippen LogP contribution in [0.5, 0.6) is 0 Å². The summed E-state index contributed by atoms with van der Waals surface area (Å²) in [5, 5.41) is 0. The van der Waals surface area contributed by atoms with Crippen LogP contribution in [0.25, 0.3) is 0 Å². The van der Waals surface area contributed by atoms with E-state index in [0.717, 1.165) is 35.1 Å². The number of likely N-dealkylation sites (N-methyl/N-ethyl adjacent to an activating group) is 2. The van der Waals surface area contributed by atoms with Gasteiger partial charge in [0.1, 0.15) is 13.1 Å². The van der Waals surface area contributed by atoms with Crippen LogP contribution in [0.4, 0.5) is 0 Å². The van der Waals surface area contributed by atoms with Crippen LogP contribution in [-0.4, -0.2) is 102 Å². The van der Waals surface area contributed by atoms with E-state index in [4.69, 9.17) is 14.2 Å². The fraction of sp³-hybridized carbons (Fsp3) is 0.889. The number of hydrogen-bond donors (Lipinski definition) is 0. The van der Waals surface area contributed by atoms with Crippen molar-refractivity contribution >= 4 is 11.9 Å². The van der Waals surface area contributed by atoms with Crippen molar-refractivity contribution in [1.82, 2.24) is 0 Å². The Balaban J connectivity index is 3.88. The van der Waals surface area contributed by atoms with Crippen LogP contribution in [0.2, 0.25) is 0 Å². The molecule has 0 aliphatic carbocycles. The van der Waals surface area contributed by atoms with E-state index in [1.165, 1.54) is 0 Å². The molecule has 0 radical (unpaired) electrons. The van der Waals surface area contributed by atoms with E-state index in [2.05, 4.69) is 28.2 Å². The Morgan fingerprint density at radius 1 is 0.680 bits per heavy atom. The lowest BCUT2D eigenvalue weighted by atomic mass is 10.3. The minimum atomic E-state index is -0.143. The van der Waals surface area contributed by atoms with Crippen molar-refractivity contribution in [2.24, 2.45) is 0 Å². The molecule has 0 unspecified atom stereocenters. The molecule has 7 nitrogen and oxygen atoms in total. The lowest BCUT2D eigenvalue weighted by Crippen LogP contribution is -2.45. The summed E-state index contributed by atoms with van der Waals surface area (Å²) in [4.78, 5) is 22.9. The Morgan fingerprint density at radius 3 is 1.36 bits per heavy atom. The highest BCUT2D eigenvalue weighted by Crippen LogP contribution is 2.03. The highest BCUT2D eigenvalue weighted by atomic mass is 16.5. The standard InChI is InChI=1S/C18H38N2O5/c1-7-24-17(21)9-11-19(3,4)13-15-23-16-14-20(5,6)12-10-18(22)25-8-2/h7-16H2,1-6H3/q+2. The summed E-state index contributed by atoms with van der Waals surface area (Å²) in [5.74, 6) is -0.287. The summed E-state index contributed by atoms with van der Waals surface area (Å²) >= 11 is 0. The lowest BCUT2D eigenvalue weighted by molar-refractivity contribution is -0.893. The number of nitrogens with zero attached hydrogens (tertiary/aromatic N) is 2. The van der Waals surface area contributed by atoms with E-state index in [1.54, 1.807) is 0 Å². The van der Waals surface area contributed by atoms with Gasteiger partial charge in [0.25, 0.3) is 0 Å². The Labute approximate surface area is 153 Å². The molecule has 0 saturated carbocycles. The molecule has 0 aromatic carbocycles. The van der Waals surface area contributed by atoms with Crippen LogP contribution in [-0.2, 0) is 23.8 Å². The molecule has 0 atom stereocenters. The van der Waals surface area contributed by atoms with Crippen molar-refractivity contribution in [1.29, 1.82) is 0 Å². The number of esters is 2. The summed E-state index contributed by atoms with van der Waals surface area (Å²) in [6.07, 6.45) is 0.858. The smallest absolute Gasteiger partial charge is 0.311 e. The van der Waals surface area contributed by atoms with Gasteiger partial charge in [-0.15, -0.1) is 0 Å².